The van der Waals surface area contributed by atoms with Crippen LogP contribution in [0, 0.1) is 76.9 Å². The van der Waals surface area contributed by atoms with Crippen LogP contribution in [0.3, 0.4) is 0 Å². The van der Waals surface area contributed by atoms with Gasteiger partial charge < -0.3 is 37.2 Å². The van der Waals surface area contributed by atoms with Crippen LogP contribution in [-0.2, 0) is 0 Å². The lowest BCUT2D eigenvalue weighted by atomic mass is 9.82. The van der Waals surface area contributed by atoms with Gasteiger partial charge in [0, 0.05) is 38.0 Å². The predicted molar refractivity (Wildman–Crippen MR) is 467 cm³/mol. The van der Waals surface area contributed by atoms with Gasteiger partial charge in [-0.05, 0) is 182 Å². The molecule has 4 aliphatic carbocycles. The van der Waals surface area contributed by atoms with Crippen molar-refractivity contribution in [2.24, 2.45) is 76.9 Å². The first-order valence-electron chi connectivity index (χ1n) is 45.5. The second-order valence-corrected chi connectivity index (χ2v) is 30.1. The molecule has 5 heterocycles. The summed E-state index contributed by atoms with van der Waals surface area (Å²) in [7, 11) is 0. The van der Waals surface area contributed by atoms with E-state index in [2.05, 4.69) is 167 Å². The molecule has 3 atom stereocenters. The molecule has 612 valence electrons. The first-order valence-corrected chi connectivity index (χ1v) is 45.5. The maximum Gasteiger partial charge on any atom is 0.0595 e. The fraction of sp³-hybridized carbons (Fsp3) is 1.00. The Morgan fingerprint density at radius 1 is 0.232 bits per heavy atom. The zero-order valence-electron chi connectivity index (χ0n) is 76.6. The van der Waals surface area contributed by atoms with E-state index in [0.29, 0.717) is 18.1 Å². The van der Waals surface area contributed by atoms with Crippen molar-refractivity contribution >= 4 is 0 Å². The average molecular weight is 1410 g/mol. The molecule has 0 amide bonds. The quantitative estimate of drug-likeness (QED) is 0.123. The highest BCUT2D eigenvalue weighted by Crippen LogP contribution is 2.32. The van der Waals surface area contributed by atoms with Crippen LogP contribution in [0.15, 0.2) is 0 Å². The lowest BCUT2D eigenvalue weighted by Crippen LogP contribution is -2.51. The van der Waals surface area contributed by atoms with Gasteiger partial charge in [-0.2, -0.15) is 0 Å². The van der Waals surface area contributed by atoms with Crippen molar-refractivity contribution < 1.29 is 0 Å². The summed E-state index contributed by atoms with van der Waals surface area (Å²) in [6.07, 6.45) is 41.3. The predicted octanol–water partition coefficient (Wildman–Crippen LogP) is 27.3. The minimum absolute atomic E-state index is 0.554. The molecule has 3 unspecified atom stereocenters. The number of rotatable bonds is 9. The number of hydrogen-bond donors (Lipinski definition) is 7. The van der Waals surface area contributed by atoms with E-state index in [-0.39, 0.29) is 0 Å². The van der Waals surface area contributed by atoms with Crippen LogP contribution >= 0.6 is 0 Å². The third-order valence-corrected chi connectivity index (χ3v) is 20.3. The highest BCUT2D eigenvalue weighted by atomic mass is 15.3. The van der Waals surface area contributed by atoms with Crippen LogP contribution < -0.4 is 37.2 Å². The van der Waals surface area contributed by atoms with Gasteiger partial charge in [0.05, 0.1) is 6.17 Å². The minimum Gasteiger partial charge on any atom is -0.316 e. The van der Waals surface area contributed by atoms with Crippen molar-refractivity contribution in [3.05, 3.63) is 0 Å². The maximum atomic E-state index is 3.52. The molecule has 9 fully saturated rings. The molecule has 8 heteroatoms. The largest absolute Gasteiger partial charge is 0.316 e. The summed E-state index contributed by atoms with van der Waals surface area (Å²) in [6, 6.07) is 2.25. The third kappa shape index (κ3) is 77.1. The van der Waals surface area contributed by atoms with Crippen molar-refractivity contribution in [3.63, 3.8) is 0 Å². The normalized spacial score (nSPS) is 21.0. The zero-order valence-corrected chi connectivity index (χ0v) is 76.6. The summed E-state index contributed by atoms with van der Waals surface area (Å²) in [5, 5.41) is 23.8. The molecule has 5 aliphatic heterocycles. The van der Waals surface area contributed by atoms with Crippen molar-refractivity contribution in [1.82, 2.24) is 42.1 Å². The van der Waals surface area contributed by atoms with Crippen LogP contribution in [0.4, 0.5) is 0 Å². The van der Waals surface area contributed by atoms with Crippen LogP contribution in [-0.4, -0.2) is 94.9 Å². The summed E-state index contributed by atoms with van der Waals surface area (Å²) < 4.78 is 0. The molecule has 9 rings (SSSR count). The molecule has 4 saturated carbocycles. The standard InChI is InChI=1S/4C9H18.2C8H17N.3C7H16N2.9C2H6/c4*1-8(2)9-6-4-3-5-7-9;1-7(2)8-4-3-5-9-6-8;1-7(2)8-5-3-4-6-9-8;1-6(2)7-3-4-8-5-9-7;1-7(2)9-5-3-4-8-6-9;1-6(2)7-8-4-3-5-9-7;9*1-2/h4*8-9H,3-7H2,1-2H3;2*7-9H,3-6H2,1-2H3;6-9H,3-5H2,1-2H3;7-8H,3-6H2,1-2H3;6-9H,3-5H2,1-2H3;9*1-2H3. The van der Waals surface area contributed by atoms with Crippen LogP contribution in [0.2, 0.25) is 0 Å². The van der Waals surface area contributed by atoms with Gasteiger partial charge in [-0.25, -0.2) is 0 Å². The van der Waals surface area contributed by atoms with E-state index in [4.69, 9.17) is 0 Å². The molecule has 0 bridgehead atoms. The van der Waals surface area contributed by atoms with Gasteiger partial charge in [-0.3, -0.25) is 4.90 Å². The topological polar surface area (TPSA) is 87.4 Å². The molecule has 0 spiro atoms. The van der Waals surface area contributed by atoms with E-state index in [1.165, 1.54) is 232 Å². The van der Waals surface area contributed by atoms with Gasteiger partial charge >= 0.3 is 0 Å². The van der Waals surface area contributed by atoms with E-state index in [9.17, 15) is 0 Å². The van der Waals surface area contributed by atoms with Crippen molar-refractivity contribution in [3.8, 4) is 0 Å². The third-order valence-electron chi connectivity index (χ3n) is 20.3. The number of piperidine rings is 2. The Hall–Kier alpha value is -0.320. The fourth-order valence-corrected chi connectivity index (χ4v) is 13.6. The molecule has 0 aromatic heterocycles. The van der Waals surface area contributed by atoms with Crippen LogP contribution in [0.1, 0.15) is 429 Å². The van der Waals surface area contributed by atoms with Gasteiger partial charge in [0.1, 0.15) is 0 Å². The second-order valence-electron chi connectivity index (χ2n) is 30.1. The Bertz CT molecular complexity index is 967. The van der Waals surface area contributed by atoms with Crippen molar-refractivity contribution in [1.29, 1.82) is 0 Å². The molecule has 8 nitrogen and oxygen atoms in total. The average Bonchev–Trinajstić information content (AvgIpc) is 3.85. The number of nitrogens with one attached hydrogen (secondary N) is 7. The van der Waals surface area contributed by atoms with Crippen LogP contribution in [0.5, 0.6) is 0 Å². The molecule has 0 radical (unpaired) electrons. The lowest BCUT2D eigenvalue weighted by Gasteiger charge is -2.30. The summed E-state index contributed by atoms with van der Waals surface area (Å²) in [5.41, 5.74) is 0. The molecule has 9 aliphatic rings. The van der Waals surface area contributed by atoms with Crippen molar-refractivity contribution in [2.75, 3.05) is 65.7 Å². The van der Waals surface area contributed by atoms with Crippen molar-refractivity contribution in [2.45, 2.75) is 453 Å². The van der Waals surface area contributed by atoms with E-state index in [1.54, 1.807) is 0 Å². The summed E-state index contributed by atoms with van der Waals surface area (Å²) >= 11 is 0. The monoisotopic (exact) mass is 1410 g/mol. The Balaban J connectivity index is -0.000000128. The highest BCUT2D eigenvalue weighted by molar-refractivity contribution is 4.77. The smallest absolute Gasteiger partial charge is 0.0595 e. The first-order chi connectivity index (χ1) is 47.7. The van der Waals surface area contributed by atoms with Gasteiger partial charge in [-0.1, -0.05) is 370 Å². The summed E-state index contributed by atoms with van der Waals surface area (Å²) in [5.74, 6) is 12.1. The zero-order chi connectivity index (χ0) is 78.2. The van der Waals surface area contributed by atoms with Gasteiger partial charge in [-0.15, -0.1) is 0 Å². The lowest BCUT2D eigenvalue weighted by molar-refractivity contribution is 0.173. The molecular weight excluding hydrogens is 1210 g/mol. The maximum absolute atomic E-state index is 3.52. The van der Waals surface area contributed by atoms with E-state index in [1.807, 2.05) is 125 Å². The van der Waals surface area contributed by atoms with E-state index < -0.39 is 0 Å². The van der Waals surface area contributed by atoms with Gasteiger partial charge in [0.2, 0.25) is 0 Å². The summed E-state index contributed by atoms with van der Waals surface area (Å²) in [6.45, 7) is 89.4. The molecule has 7 N–H and O–H groups in total. The van der Waals surface area contributed by atoms with Gasteiger partial charge in [0.25, 0.3) is 0 Å². The molecular formula is C91H208N8. The second kappa shape index (κ2) is 93.8. The molecule has 99 heavy (non-hydrogen) atoms. The van der Waals surface area contributed by atoms with E-state index >= 15 is 0 Å². The van der Waals surface area contributed by atoms with Gasteiger partial charge in [0.15, 0.2) is 0 Å². The molecule has 0 aromatic carbocycles. The number of nitrogens with zero attached hydrogens (tertiary/aromatic N) is 1. The fourth-order valence-electron chi connectivity index (χ4n) is 13.6. The highest BCUT2D eigenvalue weighted by Gasteiger charge is 2.21. The minimum atomic E-state index is 0.554. The Kier molecular flexibility index (Phi) is 111. The first kappa shape index (κ1) is 117. The van der Waals surface area contributed by atoms with E-state index in [0.717, 1.165) is 96.4 Å². The van der Waals surface area contributed by atoms with Crippen LogP contribution in [0.25, 0.3) is 0 Å². The Labute approximate surface area is 634 Å². The Morgan fingerprint density at radius 2 is 0.545 bits per heavy atom. The SMILES string of the molecule is CC.CC.CC.CC.CC.CC.CC.CC.CC.CC(C)C1CCCCC1.CC(C)C1CCCCC1.CC(C)C1CCCCC1.CC(C)C1CCCCC1.CC(C)C1CCCCN1.CC(C)C1CCCNC1.CC(C)C1CCNCN1.CC(C)C1NCCCN1.CC(C)N1CCCNC1. The summed E-state index contributed by atoms with van der Waals surface area (Å²) in [4.78, 5) is 2.45. The molecule has 0 aromatic rings. The number of hydrogen-bond acceptors (Lipinski definition) is 8. The molecule has 5 saturated heterocycles. The Morgan fingerprint density at radius 3 is 0.727 bits per heavy atom.